The summed E-state index contributed by atoms with van der Waals surface area (Å²) in [6, 6.07) is 0. The lowest BCUT2D eigenvalue weighted by Crippen LogP contribution is -2.46. The minimum atomic E-state index is -0.0517. The Balaban J connectivity index is 1.53. The van der Waals surface area contributed by atoms with Crippen LogP contribution in [0.1, 0.15) is 19.3 Å². The van der Waals surface area contributed by atoms with E-state index in [2.05, 4.69) is 15.6 Å². The summed E-state index contributed by atoms with van der Waals surface area (Å²) in [5, 5.41) is 6.05. The lowest BCUT2D eigenvalue weighted by Gasteiger charge is -2.27. The number of amides is 2. The van der Waals surface area contributed by atoms with E-state index in [9.17, 15) is 9.59 Å². The molecule has 116 valence electrons. The Labute approximate surface area is 124 Å². The number of imidazole rings is 1. The molecular weight excluding hydrogens is 270 g/mol. The number of carbonyl (C=O) groups is 2. The maximum Gasteiger partial charge on any atom is 0.223 e. The summed E-state index contributed by atoms with van der Waals surface area (Å²) in [7, 11) is 0. The molecule has 0 aliphatic carbocycles. The first-order valence-corrected chi connectivity index (χ1v) is 7.46. The molecule has 2 heterocycles. The van der Waals surface area contributed by atoms with E-state index in [-0.39, 0.29) is 18.2 Å². The van der Waals surface area contributed by atoms with Crippen molar-refractivity contribution < 1.29 is 9.59 Å². The average molecular weight is 293 g/mol. The molecule has 7 nitrogen and oxygen atoms in total. The van der Waals surface area contributed by atoms with Crippen molar-refractivity contribution in [2.45, 2.75) is 25.8 Å². The van der Waals surface area contributed by atoms with Gasteiger partial charge in [0.25, 0.3) is 0 Å². The van der Waals surface area contributed by atoms with Gasteiger partial charge in [0.15, 0.2) is 0 Å². The van der Waals surface area contributed by atoms with Gasteiger partial charge in [-0.05, 0) is 6.42 Å². The van der Waals surface area contributed by atoms with Gasteiger partial charge >= 0.3 is 0 Å². The summed E-state index contributed by atoms with van der Waals surface area (Å²) >= 11 is 0. The van der Waals surface area contributed by atoms with E-state index in [4.69, 9.17) is 0 Å². The summed E-state index contributed by atoms with van der Waals surface area (Å²) in [5.41, 5.74) is 0. The molecule has 1 aliphatic heterocycles. The van der Waals surface area contributed by atoms with Gasteiger partial charge in [0, 0.05) is 64.5 Å². The van der Waals surface area contributed by atoms with E-state index in [1.165, 1.54) is 0 Å². The highest BCUT2D eigenvalue weighted by Gasteiger charge is 2.16. The molecule has 2 rings (SSSR count). The Morgan fingerprint density at radius 3 is 2.76 bits per heavy atom. The Morgan fingerprint density at radius 2 is 2.05 bits per heavy atom. The molecule has 0 aromatic carbocycles. The first-order chi connectivity index (χ1) is 10.3. The molecule has 0 radical (unpaired) electrons. The monoisotopic (exact) mass is 293 g/mol. The maximum absolute atomic E-state index is 11.9. The molecule has 1 aromatic rings. The van der Waals surface area contributed by atoms with Crippen LogP contribution < -0.4 is 10.6 Å². The molecule has 7 heteroatoms. The summed E-state index contributed by atoms with van der Waals surface area (Å²) in [4.78, 5) is 29.4. The molecular formula is C14H23N5O2. The SMILES string of the molecule is O=C(CCC(=O)N1CCNCC1)NCCCn1ccnc1. The van der Waals surface area contributed by atoms with Crippen LogP contribution >= 0.6 is 0 Å². The van der Waals surface area contributed by atoms with Crippen LogP contribution in [-0.4, -0.2) is 59.0 Å². The Morgan fingerprint density at radius 1 is 1.24 bits per heavy atom. The van der Waals surface area contributed by atoms with E-state index < -0.39 is 0 Å². The number of rotatable bonds is 7. The van der Waals surface area contributed by atoms with E-state index in [1.54, 1.807) is 12.5 Å². The molecule has 2 amide bonds. The van der Waals surface area contributed by atoms with Crippen LogP contribution in [0.15, 0.2) is 18.7 Å². The summed E-state index contributed by atoms with van der Waals surface area (Å²) < 4.78 is 1.97. The number of hydrogen-bond donors (Lipinski definition) is 2. The smallest absolute Gasteiger partial charge is 0.223 e. The first kappa shape index (κ1) is 15.5. The third kappa shape index (κ3) is 5.55. The second-order valence-electron chi connectivity index (χ2n) is 5.13. The van der Waals surface area contributed by atoms with Crippen LogP contribution in [0.2, 0.25) is 0 Å². The fourth-order valence-electron chi connectivity index (χ4n) is 2.29. The predicted molar refractivity (Wildman–Crippen MR) is 78.5 cm³/mol. The highest BCUT2D eigenvalue weighted by molar-refractivity contribution is 5.83. The summed E-state index contributed by atoms with van der Waals surface area (Å²) in [6.45, 7) is 4.62. The molecule has 1 aromatic heterocycles. The van der Waals surface area contributed by atoms with E-state index >= 15 is 0 Å². The molecule has 1 saturated heterocycles. The van der Waals surface area contributed by atoms with Gasteiger partial charge in [-0.15, -0.1) is 0 Å². The minimum Gasteiger partial charge on any atom is -0.356 e. The highest BCUT2D eigenvalue weighted by Crippen LogP contribution is 2.00. The van der Waals surface area contributed by atoms with Crippen molar-refractivity contribution in [3.05, 3.63) is 18.7 Å². The van der Waals surface area contributed by atoms with Crippen molar-refractivity contribution in [3.63, 3.8) is 0 Å². The van der Waals surface area contributed by atoms with Crippen LogP contribution in [0.4, 0.5) is 0 Å². The largest absolute Gasteiger partial charge is 0.356 e. The van der Waals surface area contributed by atoms with Crippen molar-refractivity contribution in [2.24, 2.45) is 0 Å². The van der Waals surface area contributed by atoms with Crippen molar-refractivity contribution >= 4 is 11.8 Å². The second-order valence-corrected chi connectivity index (χ2v) is 5.13. The quantitative estimate of drug-likeness (QED) is 0.671. The van der Waals surface area contributed by atoms with Crippen molar-refractivity contribution in [1.29, 1.82) is 0 Å². The van der Waals surface area contributed by atoms with E-state index in [1.807, 2.05) is 15.7 Å². The third-order valence-corrected chi connectivity index (χ3v) is 3.51. The Hall–Kier alpha value is -1.89. The van der Waals surface area contributed by atoms with E-state index in [0.29, 0.717) is 13.0 Å². The third-order valence-electron chi connectivity index (χ3n) is 3.51. The Kier molecular flexibility index (Phi) is 6.21. The van der Waals surface area contributed by atoms with Gasteiger partial charge in [0.05, 0.1) is 6.33 Å². The van der Waals surface area contributed by atoms with Gasteiger partial charge in [-0.3, -0.25) is 9.59 Å². The molecule has 1 aliphatic rings. The van der Waals surface area contributed by atoms with Gasteiger partial charge < -0.3 is 20.1 Å². The zero-order chi connectivity index (χ0) is 14.9. The zero-order valence-corrected chi connectivity index (χ0v) is 12.3. The number of nitrogens with one attached hydrogen (secondary N) is 2. The molecule has 2 N–H and O–H groups in total. The number of hydrogen-bond acceptors (Lipinski definition) is 4. The average Bonchev–Trinajstić information content (AvgIpc) is 3.03. The Bertz CT molecular complexity index is 440. The zero-order valence-electron chi connectivity index (χ0n) is 12.3. The lowest BCUT2D eigenvalue weighted by molar-refractivity contribution is -0.134. The van der Waals surface area contributed by atoms with Crippen LogP contribution in [0.25, 0.3) is 0 Å². The van der Waals surface area contributed by atoms with E-state index in [0.717, 1.165) is 39.1 Å². The van der Waals surface area contributed by atoms with Crippen molar-refractivity contribution in [1.82, 2.24) is 25.1 Å². The molecule has 0 unspecified atom stereocenters. The van der Waals surface area contributed by atoms with Crippen molar-refractivity contribution in [2.75, 3.05) is 32.7 Å². The number of nitrogens with zero attached hydrogens (tertiary/aromatic N) is 3. The molecule has 0 atom stereocenters. The van der Waals surface area contributed by atoms with Crippen LogP contribution in [0, 0.1) is 0 Å². The number of aryl methyl sites for hydroxylation is 1. The molecule has 0 spiro atoms. The number of carbonyl (C=O) groups excluding carboxylic acids is 2. The molecule has 1 fully saturated rings. The fraction of sp³-hybridized carbons (Fsp3) is 0.643. The van der Waals surface area contributed by atoms with Crippen LogP contribution in [-0.2, 0) is 16.1 Å². The topological polar surface area (TPSA) is 79.3 Å². The van der Waals surface area contributed by atoms with Gasteiger partial charge in [0.1, 0.15) is 0 Å². The lowest BCUT2D eigenvalue weighted by atomic mass is 10.2. The first-order valence-electron chi connectivity index (χ1n) is 7.46. The van der Waals surface area contributed by atoms with Crippen LogP contribution in [0.5, 0.6) is 0 Å². The van der Waals surface area contributed by atoms with Gasteiger partial charge in [0.2, 0.25) is 11.8 Å². The molecule has 21 heavy (non-hydrogen) atoms. The normalized spacial score (nSPS) is 15.0. The molecule has 0 bridgehead atoms. The minimum absolute atomic E-state index is 0.0517. The van der Waals surface area contributed by atoms with Crippen molar-refractivity contribution in [3.8, 4) is 0 Å². The second kappa shape index (κ2) is 8.41. The van der Waals surface area contributed by atoms with Crippen LogP contribution in [0.3, 0.4) is 0 Å². The molecule has 0 saturated carbocycles. The maximum atomic E-state index is 11.9. The summed E-state index contributed by atoms with van der Waals surface area (Å²) in [6.07, 6.45) is 6.82. The van der Waals surface area contributed by atoms with Gasteiger partial charge in [-0.1, -0.05) is 0 Å². The number of piperazine rings is 1. The standard InChI is InChI=1S/C14H23N5O2/c20-13(17-4-1-8-18-9-5-16-12-18)2-3-14(21)19-10-6-15-7-11-19/h5,9,12,15H,1-4,6-8,10-11H2,(H,17,20). The highest BCUT2D eigenvalue weighted by atomic mass is 16.2. The fourth-order valence-corrected chi connectivity index (χ4v) is 2.29. The van der Waals surface area contributed by atoms with Gasteiger partial charge in [-0.25, -0.2) is 4.98 Å². The predicted octanol–water partition coefficient (Wildman–Crippen LogP) is -0.399. The number of aromatic nitrogens is 2. The van der Waals surface area contributed by atoms with Gasteiger partial charge in [-0.2, -0.15) is 0 Å². The summed E-state index contributed by atoms with van der Waals surface area (Å²) in [5.74, 6) is 0.0224.